The summed E-state index contributed by atoms with van der Waals surface area (Å²) in [6.45, 7) is 3.06. The standard InChI is InChI=1S/C31H22N3S/c1-2-34-18-17-32-25(19-34)22-8-4-3-7-20(22)12-13-21-14-15-27-30-28(21)31-24(10-6-16-33-31)23-9-5-11-26(35-27)29(23)30/h3-19H,2H2,1H3/q+1/b13-12+. The lowest BCUT2D eigenvalue weighted by atomic mass is 9.93. The van der Waals surface area contributed by atoms with Gasteiger partial charge >= 0.3 is 0 Å². The van der Waals surface area contributed by atoms with Crippen LogP contribution in [0.5, 0.6) is 0 Å². The van der Waals surface area contributed by atoms with Crippen molar-refractivity contribution in [2.75, 3.05) is 0 Å². The first-order valence-corrected chi connectivity index (χ1v) is 12.7. The highest BCUT2D eigenvalue weighted by Crippen LogP contribution is 2.45. The van der Waals surface area contributed by atoms with Crippen molar-refractivity contribution >= 4 is 65.3 Å². The molecule has 0 fully saturated rings. The van der Waals surface area contributed by atoms with E-state index in [2.05, 4.69) is 95.5 Å². The van der Waals surface area contributed by atoms with E-state index in [9.17, 15) is 0 Å². The molecule has 0 spiro atoms. The minimum atomic E-state index is 0.917. The van der Waals surface area contributed by atoms with E-state index < -0.39 is 0 Å². The molecule has 166 valence electrons. The van der Waals surface area contributed by atoms with E-state index in [1.165, 1.54) is 41.9 Å². The van der Waals surface area contributed by atoms with Gasteiger partial charge < -0.3 is 0 Å². The summed E-state index contributed by atoms with van der Waals surface area (Å²) in [5, 5.41) is 6.42. The summed E-state index contributed by atoms with van der Waals surface area (Å²) in [6.07, 6.45) is 12.3. The molecule has 3 nitrogen and oxygen atoms in total. The van der Waals surface area contributed by atoms with Gasteiger partial charge in [-0.15, -0.1) is 11.3 Å². The minimum absolute atomic E-state index is 0.917. The average Bonchev–Trinajstić information content (AvgIpc) is 3.31. The second-order valence-corrected chi connectivity index (χ2v) is 9.86. The van der Waals surface area contributed by atoms with Crippen LogP contribution in [0.15, 0.2) is 91.5 Å². The van der Waals surface area contributed by atoms with Crippen LogP contribution in [0, 0.1) is 0 Å². The first kappa shape index (κ1) is 20.2. The third-order valence-electron chi connectivity index (χ3n) is 6.83. The molecule has 7 aromatic rings. The molecule has 0 aliphatic carbocycles. The minimum Gasteiger partial charge on any atom is -0.256 e. The number of rotatable bonds is 4. The molecule has 4 heteroatoms. The van der Waals surface area contributed by atoms with E-state index >= 15 is 0 Å². The maximum atomic E-state index is 4.87. The zero-order valence-corrected chi connectivity index (χ0v) is 20.1. The first-order chi connectivity index (χ1) is 17.3. The fourth-order valence-corrected chi connectivity index (χ4v) is 6.33. The molecular formula is C31H22N3S+. The molecule has 0 radical (unpaired) electrons. The van der Waals surface area contributed by atoms with Crippen LogP contribution in [-0.2, 0) is 6.54 Å². The van der Waals surface area contributed by atoms with Crippen molar-refractivity contribution in [2.24, 2.45) is 0 Å². The molecule has 3 heterocycles. The number of benzene rings is 4. The van der Waals surface area contributed by atoms with Gasteiger partial charge in [0.25, 0.3) is 0 Å². The van der Waals surface area contributed by atoms with E-state index in [4.69, 9.17) is 4.98 Å². The van der Waals surface area contributed by atoms with Crippen molar-refractivity contribution in [3.05, 3.63) is 103 Å². The molecule has 0 saturated heterocycles. The molecule has 0 saturated carbocycles. The largest absolute Gasteiger partial charge is 0.256 e. The predicted octanol–water partition coefficient (Wildman–Crippen LogP) is 7.73. The van der Waals surface area contributed by atoms with Gasteiger partial charge in [-0.2, -0.15) is 0 Å². The summed E-state index contributed by atoms with van der Waals surface area (Å²) in [4.78, 5) is 9.52. The number of pyridine rings is 1. The summed E-state index contributed by atoms with van der Waals surface area (Å²) in [5.74, 6) is 0. The summed E-state index contributed by atoms with van der Waals surface area (Å²) in [6, 6.07) is 23.8. The second kappa shape index (κ2) is 7.97. The van der Waals surface area contributed by atoms with Crippen molar-refractivity contribution in [2.45, 2.75) is 13.5 Å². The van der Waals surface area contributed by atoms with Gasteiger partial charge in [-0.3, -0.25) is 4.98 Å². The number of thiophene rings is 1. The number of aromatic nitrogens is 3. The van der Waals surface area contributed by atoms with Crippen LogP contribution in [0.3, 0.4) is 0 Å². The lowest BCUT2D eigenvalue weighted by Crippen LogP contribution is -2.31. The zero-order valence-electron chi connectivity index (χ0n) is 19.3. The number of aryl methyl sites for hydroxylation is 1. The van der Waals surface area contributed by atoms with Crippen molar-refractivity contribution in [1.82, 2.24) is 9.97 Å². The third kappa shape index (κ3) is 3.14. The maximum absolute atomic E-state index is 4.87. The van der Waals surface area contributed by atoms with E-state index in [1.807, 2.05) is 36.0 Å². The van der Waals surface area contributed by atoms with Gasteiger partial charge in [0, 0.05) is 42.7 Å². The smallest absolute Gasteiger partial charge is 0.195 e. The third-order valence-corrected chi connectivity index (χ3v) is 7.95. The van der Waals surface area contributed by atoms with Crippen LogP contribution in [0.2, 0.25) is 0 Å². The van der Waals surface area contributed by atoms with Gasteiger partial charge in [0.1, 0.15) is 12.2 Å². The van der Waals surface area contributed by atoms with Crippen LogP contribution in [-0.4, -0.2) is 9.97 Å². The number of hydrogen-bond acceptors (Lipinski definition) is 3. The summed E-state index contributed by atoms with van der Waals surface area (Å²) in [5.41, 5.74) is 5.51. The molecule has 0 N–H and O–H groups in total. The Hall–Kier alpha value is -4.15. The van der Waals surface area contributed by atoms with Gasteiger partial charge in [0.2, 0.25) is 0 Å². The van der Waals surface area contributed by atoms with E-state index in [0.29, 0.717) is 0 Å². The summed E-state index contributed by atoms with van der Waals surface area (Å²) in [7, 11) is 0. The Balaban J connectivity index is 1.46. The molecule has 35 heavy (non-hydrogen) atoms. The monoisotopic (exact) mass is 468 g/mol. The van der Waals surface area contributed by atoms with Crippen LogP contribution >= 0.6 is 11.3 Å². The molecule has 0 amide bonds. The summed E-state index contributed by atoms with van der Waals surface area (Å²) >= 11 is 1.86. The molecule has 0 unspecified atom stereocenters. The molecule has 0 aliphatic heterocycles. The Kier molecular flexibility index (Phi) is 4.61. The lowest BCUT2D eigenvalue weighted by molar-refractivity contribution is -0.693. The lowest BCUT2D eigenvalue weighted by Gasteiger charge is -2.11. The number of nitrogens with zero attached hydrogens (tertiary/aromatic N) is 3. The Morgan fingerprint density at radius 1 is 0.743 bits per heavy atom. The molecule has 4 aromatic carbocycles. The predicted molar refractivity (Wildman–Crippen MR) is 148 cm³/mol. The van der Waals surface area contributed by atoms with E-state index in [-0.39, 0.29) is 0 Å². The Morgan fingerprint density at radius 2 is 1.60 bits per heavy atom. The zero-order chi connectivity index (χ0) is 23.4. The van der Waals surface area contributed by atoms with Gasteiger partial charge in [-0.1, -0.05) is 60.7 Å². The van der Waals surface area contributed by atoms with E-state index in [0.717, 1.165) is 28.9 Å². The second-order valence-electron chi connectivity index (χ2n) is 8.78. The van der Waals surface area contributed by atoms with Gasteiger partial charge in [-0.05, 0) is 41.6 Å². The maximum Gasteiger partial charge on any atom is 0.195 e. The normalized spacial score (nSPS) is 12.1. The van der Waals surface area contributed by atoms with Crippen LogP contribution < -0.4 is 4.57 Å². The first-order valence-electron chi connectivity index (χ1n) is 11.9. The van der Waals surface area contributed by atoms with Gasteiger partial charge in [0.05, 0.1) is 11.7 Å². The molecule has 0 aliphatic rings. The Labute approximate surface area is 207 Å². The Morgan fingerprint density at radius 3 is 2.54 bits per heavy atom. The highest BCUT2D eigenvalue weighted by atomic mass is 32.1. The Bertz CT molecular complexity index is 1900. The van der Waals surface area contributed by atoms with Crippen molar-refractivity contribution in [1.29, 1.82) is 0 Å². The number of hydrogen-bond donors (Lipinski definition) is 0. The molecule has 7 rings (SSSR count). The SMILES string of the molecule is CC[n+]1ccnc(-c2ccccc2/C=C/c2ccc3sc4cccc5c6cccnc6c2c3c45)c1. The van der Waals surface area contributed by atoms with Crippen LogP contribution in [0.1, 0.15) is 18.1 Å². The van der Waals surface area contributed by atoms with Crippen LogP contribution in [0.4, 0.5) is 0 Å². The molecule has 0 bridgehead atoms. The van der Waals surface area contributed by atoms with E-state index in [1.54, 1.807) is 0 Å². The highest BCUT2D eigenvalue weighted by Gasteiger charge is 2.18. The highest BCUT2D eigenvalue weighted by molar-refractivity contribution is 7.26. The summed E-state index contributed by atoms with van der Waals surface area (Å²) < 4.78 is 4.80. The fraction of sp³-hybridized carbons (Fsp3) is 0.0645. The van der Waals surface area contributed by atoms with Gasteiger partial charge in [0.15, 0.2) is 12.4 Å². The number of fused-ring (bicyclic) bond motifs is 3. The molecule has 3 aromatic heterocycles. The van der Waals surface area contributed by atoms with Crippen molar-refractivity contribution < 1.29 is 4.57 Å². The average molecular weight is 469 g/mol. The quantitative estimate of drug-likeness (QED) is 0.150. The molecular weight excluding hydrogens is 446 g/mol. The van der Waals surface area contributed by atoms with Crippen LogP contribution in [0.25, 0.3) is 65.3 Å². The topological polar surface area (TPSA) is 29.7 Å². The van der Waals surface area contributed by atoms with Crippen molar-refractivity contribution in [3.8, 4) is 11.3 Å². The van der Waals surface area contributed by atoms with Gasteiger partial charge in [-0.25, -0.2) is 9.55 Å². The van der Waals surface area contributed by atoms with Crippen molar-refractivity contribution in [3.63, 3.8) is 0 Å². The molecule has 0 atom stereocenters. The fourth-order valence-electron chi connectivity index (χ4n) is 5.19.